The Morgan fingerprint density at radius 3 is 2.62 bits per heavy atom. The minimum atomic E-state index is -0.476. The largest absolute Gasteiger partial charge is 0.417 e. The molecular weight excluding hydrogens is 311 g/mol. The number of carbonyl (C=O) groups is 1. The van der Waals surface area contributed by atoms with E-state index in [1.54, 1.807) is 18.2 Å². The van der Waals surface area contributed by atoms with E-state index < -0.39 is 5.76 Å². The van der Waals surface area contributed by atoms with Crippen molar-refractivity contribution in [1.29, 1.82) is 0 Å². The third-order valence-electron chi connectivity index (χ3n) is 3.77. The molecule has 2 aromatic carbocycles. The summed E-state index contributed by atoms with van der Waals surface area (Å²) in [4.78, 5) is 25.6. The number of benzene rings is 2. The molecule has 5 nitrogen and oxygen atoms in total. The molecular formula is C18H17FN2O3. The maximum atomic E-state index is 12.8. The summed E-state index contributed by atoms with van der Waals surface area (Å²) in [6.45, 7) is 0.510. The minimum absolute atomic E-state index is 0.0443. The molecule has 2 N–H and O–H groups in total. The number of H-pyrrole nitrogens is 1. The molecule has 1 amide bonds. The number of halogens is 1. The van der Waals surface area contributed by atoms with E-state index in [-0.39, 0.29) is 11.7 Å². The SMILES string of the molecule is O=C(CCc1ccc(F)cc1)NCCc1ccc2oc(=O)[nH]c2c1. The van der Waals surface area contributed by atoms with Crippen molar-refractivity contribution < 1.29 is 13.6 Å². The topological polar surface area (TPSA) is 75.1 Å². The molecule has 24 heavy (non-hydrogen) atoms. The summed E-state index contributed by atoms with van der Waals surface area (Å²) in [6, 6.07) is 11.6. The summed E-state index contributed by atoms with van der Waals surface area (Å²) in [7, 11) is 0. The van der Waals surface area contributed by atoms with Crippen LogP contribution in [-0.4, -0.2) is 17.4 Å². The number of rotatable bonds is 6. The molecule has 0 bridgehead atoms. The van der Waals surface area contributed by atoms with Gasteiger partial charge in [0.15, 0.2) is 5.58 Å². The highest BCUT2D eigenvalue weighted by atomic mass is 19.1. The van der Waals surface area contributed by atoms with E-state index in [1.165, 1.54) is 12.1 Å². The number of aromatic nitrogens is 1. The summed E-state index contributed by atoms with van der Waals surface area (Å²) < 4.78 is 17.8. The number of hydrogen-bond donors (Lipinski definition) is 2. The van der Waals surface area contributed by atoms with Gasteiger partial charge >= 0.3 is 5.76 Å². The van der Waals surface area contributed by atoms with Crippen molar-refractivity contribution in [1.82, 2.24) is 10.3 Å². The Labute approximate surface area is 137 Å². The van der Waals surface area contributed by atoms with Gasteiger partial charge in [-0.25, -0.2) is 9.18 Å². The van der Waals surface area contributed by atoms with Gasteiger partial charge in [-0.15, -0.1) is 0 Å². The van der Waals surface area contributed by atoms with Crippen LogP contribution in [0.1, 0.15) is 17.5 Å². The molecule has 1 aromatic heterocycles. The van der Waals surface area contributed by atoms with E-state index >= 15 is 0 Å². The molecule has 0 aliphatic rings. The van der Waals surface area contributed by atoms with E-state index in [0.29, 0.717) is 36.9 Å². The number of aryl methyl sites for hydroxylation is 1. The van der Waals surface area contributed by atoms with Crippen LogP contribution in [0.4, 0.5) is 4.39 Å². The van der Waals surface area contributed by atoms with Crippen LogP contribution in [0.15, 0.2) is 51.7 Å². The van der Waals surface area contributed by atoms with Gasteiger partial charge < -0.3 is 9.73 Å². The number of amides is 1. The molecule has 0 spiro atoms. The fourth-order valence-corrected chi connectivity index (χ4v) is 2.50. The minimum Gasteiger partial charge on any atom is -0.408 e. The van der Waals surface area contributed by atoms with E-state index in [4.69, 9.17) is 4.42 Å². The lowest BCUT2D eigenvalue weighted by molar-refractivity contribution is -0.121. The van der Waals surface area contributed by atoms with Crippen LogP contribution < -0.4 is 11.1 Å². The first-order valence-electron chi connectivity index (χ1n) is 7.73. The predicted octanol–water partition coefficient (Wildman–Crippen LogP) is 2.55. The van der Waals surface area contributed by atoms with Gasteiger partial charge in [-0.1, -0.05) is 18.2 Å². The quantitative estimate of drug-likeness (QED) is 0.730. The van der Waals surface area contributed by atoms with Crippen LogP contribution in [0.5, 0.6) is 0 Å². The second kappa shape index (κ2) is 7.12. The second-order valence-electron chi connectivity index (χ2n) is 5.57. The molecule has 3 aromatic rings. The predicted molar refractivity (Wildman–Crippen MR) is 88.3 cm³/mol. The first-order chi connectivity index (χ1) is 11.6. The molecule has 0 unspecified atom stereocenters. The Hall–Kier alpha value is -2.89. The molecule has 0 fully saturated rings. The summed E-state index contributed by atoms with van der Waals surface area (Å²) >= 11 is 0. The second-order valence-corrected chi connectivity index (χ2v) is 5.57. The third kappa shape index (κ3) is 4.10. The van der Waals surface area contributed by atoms with Gasteiger partial charge in [0.2, 0.25) is 5.91 Å². The zero-order valence-corrected chi connectivity index (χ0v) is 13.0. The van der Waals surface area contributed by atoms with Gasteiger partial charge in [0.05, 0.1) is 5.52 Å². The molecule has 0 atom stereocenters. The molecule has 0 aliphatic carbocycles. The maximum absolute atomic E-state index is 12.8. The first kappa shape index (κ1) is 16.0. The van der Waals surface area contributed by atoms with E-state index in [9.17, 15) is 14.0 Å². The zero-order valence-electron chi connectivity index (χ0n) is 13.0. The van der Waals surface area contributed by atoms with Gasteiger partial charge in [-0.05, 0) is 48.2 Å². The van der Waals surface area contributed by atoms with Crippen LogP contribution in [0, 0.1) is 5.82 Å². The molecule has 3 rings (SSSR count). The highest BCUT2D eigenvalue weighted by molar-refractivity contribution is 5.76. The summed E-state index contributed by atoms with van der Waals surface area (Å²) in [5, 5.41) is 2.86. The fourth-order valence-electron chi connectivity index (χ4n) is 2.50. The number of nitrogens with one attached hydrogen (secondary N) is 2. The Morgan fingerprint density at radius 2 is 1.83 bits per heavy atom. The number of carbonyl (C=O) groups excluding carboxylic acids is 1. The highest BCUT2D eigenvalue weighted by Gasteiger charge is 2.04. The normalized spacial score (nSPS) is 10.9. The van der Waals surface area contributed by atoms with Crippen molar-refractivity contribution >= 4 is 17.0 Å². The zero-order chi connectivity index (χ0) is 16.9. The summed E-state index contributed by atoms with van der Waals surface area (Å²) in [5.41, 5.74) is 3.10. The molecule has 0 saturated heterocycles. The lowest BCUT2D eigenvalue weighted by atomic mass is 10.1. The Balaban J connectivity index is 1.45. The number of hydrogen-bond acceptors (Lipinski definition) is 3. The van der Waals surface area contributed by atoms with Crippen molar-refractivity contribution in [3.8, 4) is 0 Å². The molecule has 1 heterocycles. The van der Waals surface area contributed by atoms with Crippen LogP contribution >= 0.6 is 0 Å². The Morgan fingerprint density at radius 1 is 1.08 bits per heavy atom. The van der Waals surface area contributed by atoms with Gasteiger partial charge in [-0.3, -0.25) is 9.78 Å². The maximum Gasteiger partial charge on any atom is 0.417 e. The number of oxazole rings is 1. The average molecular weight is 328 g/mol. The first-order valence-corrected chi connectivity index (χ1v) is 7.73. The Bertz CT molecular complexity index is 897. The van der Waals surface area contributed by atoms with Crippen molar-refractivity contribution in [3.63, 3.8) is 0 Å². The monoisotopic (exact) mass is 328 g/mol. The summed E-state index contributed by atoms with van der Waals surface area (Å²) in [6.07, 6.45) is 1.60. The van der Waals surface area contributed by atoms with E-state index in [0.717, 1.165) is 11.1 Å². The molecule has 0 radical (unpaired) electrons. The fraction of sp³-hybridized carbons (Fsp3) is 0.222. The smallest absolute Gasteiger partial charge is 0.408 e. The van der Waals surface area contributed by atoms with Crippen LogP contribution in [0.3, 0.4) is 0 Å². The van der Waals surface area contributed by atoms with Gasteiger partial charge in [-0.2, -0.15) is 0 Å². The van der Waals surface area contributed by atoms with Crippen LogP contribution in [-0.2, 0) is 17.6 Å². The van der Waals surface area contributed by atoms with Gasteiger partial charge in [0.25, 0.3) is 0 Å². The number of fused-ring (bicyclic) bond motifs is 1. The Kier molecular flexibility index (Phi) is 4.74. The van der Waals surface area contributed by atoms with Crippen LogP contribution in [0.2, 0.25) is 0 Å². The summed E-state index contributed by atoms with van der Waals surface area (Å²) in [5.74, 6) is -0.799. The molecule has 124 valence electrons. The van der Waals surface area contributed by atoms with Crippen molar-refractivity contribution in [2.24, 2.45) is 0 Å². The van der Waals surface area contributed by atoms with Crippen molar-refractivity contribution in [2.45, 2.75) is 19.3 Å². The molecule has 0 aliphatic heterocycles. The lowest BCUT2D eigenvalue weighted by Gasteiger charge is -2.06. The van der Waals surface area contributed by atoms with Crippen molar-refractivity contribution in [2.75, 3.05) is 6.54 Å². The molecule has 0 saturated carbocycles. The molecule has 6 heteroatoms. The third-order valence-corrected chi connectivity index (χ3v) is 3.77. The van der Waals surface area contributed by atoms with E-state index in [1.807, 2.05) is 12.1 Å². The average Bonchev–Trinajstić information content (AvgIpc) is 2.93. The lowest BCUT2D eigenvalue weighted by Crippen LogP contribution is -2.25. The number of aromatic amines is 1. The standard InChI is InChI=1S/C18H17FN2O3/c19-14-5-1-12(2-6-14)4-8-17(22)20-10-9-13-3-7-16-15(11-13)21-18(23)24-16/h1-3,5-7,11H,4,8-10H2,(H,20,22)(H,21,23). The van der Waals surface area contributed by atoms with Crippen molar-refractivity contribution in [3.05, 3.63) is 70.0 Å². The van der Waals surface area contributed by atoms with Crippen LogP contribution in [0.25, 0.3) is 11.1 Å². The van der Waals surface area contributed by atoms with Gasteiger partial charge in [0.1, 0.15) is 5.82 Å². The van der Waals surface area contributed by atoms with E-state index in [2.05, 4.69) is 10.3 Å². The van der Waals surface area contributed by atoms with Gasteiger partial charge in [0, 0.05) is 13.0 Å². The highest BCUT2D eigenvalue weighted by Crippen LogP contribution is 2.12.